The Morgan fingerprint density at radius 1 is 1.15 bits per heavy atom. The van der Waals surface area contributed by atoms with Crippen molar-refractivity contribution in [2.24, 2.45) is 0 Å². The fourth-order valence-corrected chi connectivity index (χ4v) is 3.77. The Kier molecular flexibility index (Phi) is 6.01. The van der Waals surface area contributed by atoms with Gasteiger partial charge >= 0.3 is 0 Å². The average Bonchev–Trinajstić information content (AvgIpc) is 2.66. The Balaban J connectivity index is 1.68. The normalized spacial score (nSPS) is 15.5. The number of nitrogen functional groups attached to an aromatic ring is 1. The van der Waals surface area contributed by atoms with E-state index in [4.69, 9.17) is 10.6 Å². The van der Waals surface area contributed by atoms with E-state index in [9.17, 15) is 4.79 Å². The van der Waals surface area contributed by atoms with E-state index in [1.54, 1.807) is 0 Å². The van der Waals surface area contributed by atoms with Crippen LogP contribution in [0.25, 0.3) is 0 Å². The molecule has 0 unspecified atom stereocenters. The summed E-state index contributed by atoms with van der Waals surface area (Å²) in [6, 6.07) is 14.0. The van der Waals surface area contributed by atoms with Gasteiger partial charge in [-0.05, 0) is 62.1 Å². The average molecular weight is 367 g/mol. The molecular weight excluding hydrogens is 338 g/mol. The van der Waals surface area contributed by atoms with E-state index in [0.717, 1.165) is 54.2 Å². The summed E-state index contributed by atoms with van der Waals surface area (Å²) >= 11 is 0. The van der Waals surface area contributed by atoms with E-state index in [1.807, 2.05) is 73.2 Å². The van der Waals surface area contributed by atoms with Gasteiger partial charge in [-0.15, -0.1) is 5.06 Å². The Labute approximate surface area is 161 Å². The van der Waals surface area contributed by atoms with Crippen molar-refractivity contribution in [2.75, 3.05) is 23.7 Å². The second-order valence-corrected chi connectivity index (χ2v) is 7.19. The lowest BCUT2D eigenvalue weighted by molar-refractivity contribution is -0.120. The number of nitrogens with two attached hydrogens (primary N) is 1. The zero-order valence-electron chi connectivity index (χ0n) is 16.4. The van der Waals surface area contributed by atoms with Crippen LogP contribution >= 0.6 is 0 Å². The largest absolute Gasteiger partial charge is 0.405 e. The molecule has 0 atom stereocenters. The number of nitrogens with zero attached hydrogens (tertiary/aromatic N) is 2. The zero-order chi connectivity index (χ0) is 19.4. The van der Waals surface area contributed by atoms with Crippen LogP contribution in [0.1, 0.15) is 37.3 Å². The van der Waals surface area contributed by atoms with E-state index in [-0.39, 0.29) is 11.9 Å². The molecule has 5 nitrogen and oxygen atoms in total. The van der Waals surface area contributed by atoms with Gasteiger partial charge in [-0.3, -0.25) is 4.79 Å². The fraction of sp³-hybridized carbons (Fsp3) is 0.409. The number of para-hydroxylation sites is 1. The van der Waals surface area contributed by atoms with Crippen LogP contribution in [0.15, 0.2) is 42.5 Å². The molecule has 0 bridgehead atoms. The molecule has 1 amide bonds. The van der Waals surface area contributed by atoms with Gasteiger partial charge < -0.3 is 15.5 Å². The maximum Gasteiger partial charge on any atom is 0.226 e. The number of carbonyl (C=O) groups is 1. The molecule has 0 radical (unpaired) electrons. The molecule has 0 spiro atoms. The highest BCUT2D eigenvalue weighted by molar-refractivity contribution is 5.93. The molecule has 1 aliphatic heterocycles. The van der Waals surface area contributed by atoms with Gasteiger partial charge in [-0.25, -0.2) is 0 Å². The monoisotopic (exact) mass is 367 g/mol. The van der Waals surface area contributed by atoms with Crippen LogP contribution in [-0.2, 0) is 4.79 Å². The third-order valence-electron chi connectivity index (χ3n) is 5.10. The Bertz CT molecular complexity index is 760. The van der Waals surface area contributed by atoms with Gasteiger partial charge in [0.2, 0.25) is 5.91 Å². The molecule has 0 aliphatic carbocycles. The topological polar surface area (TPSA) is 58.8 Å². The first-order valence-corrected chi connectivity index (χ1v) is 9.66. The number of hydrogen-bond acceptors (Lipinski definition) is 4. The van der Waals surface area contributed by atoms with E-state index in [2.05, 4.69) is 0 Å². The Hall–Kier alpha value is -2.53. The van der Waals surface area contributed by atoms with Crippen LogP contribution < -0.4 is 15.5 Å². The highest BCUT2D eigenvalue weighted by Crippen LogP contribution is 2.29. The smallest absolute Gasteiger partial charge is 0.226 e. The standard InChI is InChI=1S/C22H29N3O2/c1-4-21(26)25(19-8-6-5-7-9-19)20-10-12-24(13-11-20)27-22-16(2)14-18(23)15-17(22)3/h5-9,14-15,20H,4,10-13,23H2,1-3H3. The predicted octanol–water partition coefficient (Wildman–Crippen LogP) is 4.09. The lowest BCUT2D eigenvalue weighted by atomic mass is 10.0. The predicted molar refractivity (Wildman–Crippen MR) is 110 cm³/mol. The van der Waals surface area contributed by atoms with Crippen LogP contribution in [0.2, 0.25) is 0 Å². The molecule has 0 saturated carbocycles. The molecule has 2 aromatic rings. The molecule has 27 heavy (non-hydrogen) atoms. The maximum atomic E-state index is 12.6. The van der Waals surface area contributed by atoms with Crippen molar-refractivity contribution >= 4 is 17.3 Å². The first-order chi connectivity index (χ1) is 13.0. The summed E-state index contributed by atoms with van der Waals surface area (Å²) in [5, 5.41) is 2.00. The lowest BCUT2D eigenvalue weighted by Gasteiger charge is -2.38. The summed E-state index contributed by atoms with van der Waals surface area (Å²) in [7, 11) is 0. The molecule has 2 aromatic carbocycles. The molecule has 1 fully saturated rings. The van der Waals surface area contributed by atoms with E-state index in [1.165, 1.54) is 0 Å². The summed E-state index contributed by atoms with van der Waals surface area (Å²) in [5.74, 6) is 1.05. The van der Waals surface area contributed by atoms with Crippen molar-refractivity contribution in [3.63, 3.8) is 0 Å². The van der Waals surface area contributed by atoms with Gasteiger partial charge in [0.25, 0.3) is 0 Å². The van der Waals surface area contributed by atoms with Crippen molar-refractivity contribution in [1.82, 2.24) is 5.06 Å². The highest BCUT2D eigenvalue weighted by Gasteiger charge is 2.29. The van der Waals surface area contributed by atoms with Gasteiger partial charge in [-0.1, -0.05) is 25.1 Å². The van der Waals surface area contributed by atoms with E-state index in [0.29, 0.717) is 6.42 Å². The lowest BCUT2D eigenvalue weighted by Crippen LogP contribution is -2.48. The number of anilines is 2. The third kappa shape index (κ3) is 4.42. The SMILES string of the molecule is CCC(=O)N(c1ccccc1)C1CCN(Oc2c(C)cc(N)cc2C)CC1. The number of amides is 1. The number of hydrogen-bond donors (Lipinski definition) is 1. The van der Waals surface area contributed by atoms with Gasteiger partial charge in [0.05, 0.1) is 0 Å². The number of benzene rings is 2. The van der Waals surface area contributed by atoms with Crippen molar-refractivity contribution in [3.05, 3.63) is 53.6 Å². The molecule has 1 aliphatic rings. The molecule has 3 rings (SSSR count). The van der Waals surface area contributed by atoms with Crippen LogP contribution in [-0.4, -0.2) is 30.1 Å². The summed E-state index contributed by atoms with van der Waals surface area (Å²) in [6.45, 7) is 7.52. The molecule has 1 saturated heterocycles. The molecule has 1 heterocycles. The van der Waals surface area contributed by atoms with Gasteiger partial charge in [0.1, 0.15) is 0 Å². The van der Waals surface area contributed by atoms with E-state index < -0.39 is 0 Å². The summed E-state index contributed by atoms with van der Waals surface area (Å²) < 4.78 is 0. The quantitative estimate of drug-likeness (QED) is 0.809. The number of piperidine rings is 1. The van der Waals surface area contributed by atoms with E-state index >= 15 is 0 Å². The highest BCUT2D eigenvalue weighted by atomic mass is 16.7. The zero-order valence-corrected chi connectivity index (χ0v) is 16.4. The minimum atomic E-state index is 0.172. The fourth-order valence-electron chi connectivity index (χ4n) is 3.77. The molecular formula is C22H29N3O2. The summed E-state index contributed by atoms with van der Waals surface area (Å²) in [4.78, 5) is 20.7. The van der Waals surface area contributed by atoms with Gasteiger partial charge in [-0.2, -0.15) is 0 Å². The van der Waals surface area contributed by atoms with Crippen molar-refractivity contribution in [2.45, 2.75) is 46.1 Å². The van der Waals surface area contributed by atoms with Crippen LogP contribution in [0.3, 0.4) is 0 Å². The van der Waals surface area contributed by atoms with Gasteiger partial charge in [0.15, 0.2) is 5.75 Å². The van der Waals surface area contributed by atoms with Crippen molar-refractivity contribution in [3.8, 4) is 5.75 Å². The third-order valence-corrected chi connectivity index (χ3v) is 5.10. The minimum Gasteiger partial charge on any atom is -0.405 e. The van der Waals surface area contributed by atoms with Crippen LogP contribution in [0, 0.1) is 13.8 Å². The number of hydroxylamine groups is 2. The molecule has 144 valence electrons. The molecule has 0 aromatic heterocycles. The molecule has 5 heteroatoms. The first kappa shape index (κ1) is 19.2. The van der Waals surface area contributed by atoms with Gasteiger partial charge in [0, 0.05) is 36.9 Å². The summed E-state index contributed by atoms with van der Waals surface area (Å²) in [5.41, 5.74) is 9.73. The second-order valence-electron chi connectivity index (χ2n) is 7.19. The second kappa shape index (κ2) is 8.44. The minimum absolute atomic E-state index is 0.172. The Morgan fingerprint density at radius 3 is 2.30 bits per heavy atom. The maximum absolute atomic E-state index is 12.6. The first-order valence-electron chi connectivity index (χ1n) is 9.66. The number of carbonyl (C=O) groups excluding carboxylic acids is 1. The molecule has 2 N–H and O–H groups in total. The van der Waals surface area contributed by atoms with Crippen molar-refractivity contribution in [1.29, 1.82) is 0 Å². The summed E-state index contributed by atoms with van der Waals surface area (Å²) in [6.07, 6.45) is 2.27. The van der Waals surface area contributed by atoms with Crippen molar-refractivity contribution < 1.29 is 9.63 Å². The Morgan fingerprint density at radius 2 is 1.74 bits per heavy atom. The number of rotatable bonds is 5. The number of aryl methyl sites for hydroxylation is 2. The van der Waals surface area contributed by atoms with Crippen LogP contribution in [0.5, 0.6) is 5.75 Å². The van der Waals surface area contributed by atoms with Crippen LogP contribution in [0.4, 0.5) is 11.4 Å².